The number of nitrogens with one attached hydrogen (secondary N) is 2. The highest BCUT2D eigenvalue weighted by Gasteiger charge is 2.28. The summed E-state index contributed by atoms with van der Waals surface area (Å²) in [6, 6.07) is 6.73. The summed E-state index contributed by atoms with van der Waals surface area (Å²) in [6.45, 7) is 5.23. The minimum absolute atomic E-state index is 0.0603. The van der Waals surface area contributed by atoms with Gasteiger partial charge in [0.25, 0.3) is 5.91 Å². The molecule has 0 saturated carbocycles. The van der Waals surface area contributed by atoms with Crippen molar-refractivity contribution in [1.29, 1.82) is 0 Å². The van der Waals surface area contributed by atoms with Crippen molar-refractivity contribution in [2.75, 3.05) is 43.4 Å². The molecule has 1 fully saturated rings. The first kappa shape index (κ1) is 20.3. The molecule has 1 aromatic carbocycles. The largest absolute Gasteiger partial charge is 0.365 e. The molecule has 0 aliphatic carbocycles. The topological polar surface area (TPSA) is 108 Å². The number of amides is 2. The number of carbonyl (C=O) groups excluding carboxylic acids is 2. The number of aromatic nitrogens is 4. The van der Waals surface area contributed by atoms with E-state index in [0.717, 1.165) is 35.4 Å². The highest BCUT2D eigenvalue weighted by molar-refractivity contribution is 6.04. The normalized spacial score (nSPS) is 18.7. The minimum atomic E-state index is -0.642. The maximum atomic E-state index is 14.5. The summed E-state index contributed by atoms with van der Waals surface area (Å²) >= 11 is 0. The molecular weight excluding hydrogens is 415 g/mol. The number of benzene rings is 1. The van der Waals surface area contributed by atoms with Gasteiger partial charge in [0.05, 0.1) is 11.4 Å². The van der Waals surface area contributed by atoms with E-state index in [2.05, 4.69) is 30.8 Å². The van der Waals surface area contributed by atoms with Gasteiger partial charge in [-0.25, -0.2) is 9.67 Å². The van der Waals surface area contributed by atoms with E-state index in [9.17, 15) is 14.0 Å². The summed E-state index contributed by atoms with van der Waals surface area (Å²) in [7, 11) is 1.48. The molecule has 2 aliphatic heterocycles. The van der Waals surface area contributed by atoms with Gasteiger partial charge in [0.2, 0.25) is 11.9 Å². The zero-order chi connectivity index (χ0) is 22.4. The molecule has 2 N–H and O–H groups in total. The maximum Gasteiger partial charge on any atom is 0.269 e. The summed E-state index contributed by atoms with van der Waals surface area (Å²) in [5.41, 5.74) is 3.82. The summed E-state index contributed by atoms with van der Waals surface area (Å²) in [5.74, 6) is -1.16. The number of carbonyl (C=O) groups is 2. The number of hydrogen-bond acceptors (Lipinski definition) is 7. The fourth-order valence-corrected chi connectivity index (χ4v) is 4.26. The molecule has 2 aliphatic rings. The molecular formula is C21H23FN8O2. The van der Waals surface area contributed by atoms with Crippen LogP contribution < -0.4 is 15.5 Å². The quantitative estimate of drug-likeness (QED) is 0.589. The van der Waals surface area contributed by atoms with Gasteiger partial charge in [-0.1, -0.05) is 5.21 Å². The first-order chi connectivity index (χ1) is 15.4. The van der Waals surface area contributed by atoms with Gasteiger partial charge in [-0.2, -0.15) is 4.39 Å². The smallest absolute Gasteiger partial charge is 0.269 e. The SMILES string of the molecule is CNC(=O)c1ccc(N2CCN(Cc3cc4c5c(c3)nnn5[C@@H](C)C(=O)N4)CC2)c(F)n1. The maximum absolute atomic E-state index is 14.5. The Morgan fingerprint density at radius 2 is 2.03 bits per heavy atom. The second-order valence-corrected chi connectivity index (χ2v) is 8.06. The lowest BCUT2D eigenvalue weighted by Crippen LogP contribution is -2.46. The van der Waals surface area contributed by atoms with E-state index in [4.69, 9.17) is 0 Å². The number of piperazine rings is 1. The van der Waals surface area contributed by atoms with Crippen molar-refractivity contribution in [2.45, 2.75) is 19.5 Å². The molecule has 10 nitrogen and oxygen atoms in total. The second kappa shape index (κ2) is 7.83. The molecule has 2 amide bonds. The Labute approximate surface area is 183 Å². The standard InChI is InChI=1S/C21H23FN8O2/c1-12-20(31)25-15-9-13(10-16-18(15)30(12)27-26-16)11-28-5-7-29(8-6-28)17-4-3-14(21(32)23-2)24-19(17)22/h3-4,9-10,12H,5-8,11H2,1-2H3,(H,23,32)(H,25,31)/t12-/m0/s1. The van der Waals surface area contributed by atoms with Gasteiger partial charge in [0, 0.05) is 39.8 Å². The van der Waals surface area contributed by atoms with E-state index in [1.807, 2.05) is 17.0 Å². The number of halogens is 1. The summed E-state index contributed by atoms with van der Waals surface area (Å²) < 4.78 is 16.1. The van der Waals surface area contributed by atoms with Crippen LogP contribution in [0.2, 0.25) is 0 Å². The minimum Gasteiger partial charge on any atom is -0.365 e. The van der Waals surface area contributed by atoms with Crippen LogP contribution in [0.3, 0.4) is 0 Å². The van der Waals surface area contributed by atoms with Crippen molar-refractivity contribution in [3.63, 3.8) is 0 Å². The van der Waals surface area contributed by atoms with Gasteiger partial charge in [-0.15, -0.1) is 5.10 Å². The first-order valence-electron chi connectivity index (χ1n) is 10.5. The van der Waals surface area contributed by atoms with Gasteiger partial charge >= 0.3 is 0 Å². The average Bonchev–Trinajstić information content (AvgIpc) is 3.22. The van der Waals surface area contributed by atoms with Crippen LogP contribution in [0.15, 0.2) is 24.3 Å². The van der Waals surface area contributed by atoms with Crippen LogP contribution in [-0.2, 0) is 11.3 Å². The zero-order valence-electron chi connectivity index (χ0n) is 17.8. The number of hydrogen-bond donors (Lipinski definition) is 2. The van der Waals surface area contributed by atoms with Gasteiger partial charge in [-0.05, 0) is 36.8 Å². The third-order valence-electron chi connectivity index (χ3n) is 6.04. The molecule has 0 unspecified atom stereocenters. The Bertz CT molecular complexity index is 1220. The van der Waals surface area contributed by atoms with Crippen molar-refractivity contribution in [1.82, 2.24) is 30.2 Å². The molecule has 0 radical (unpaired) electrons. The highest BCUT2D eigenvalue weighted by atomic mass is 19.1. The fourth-order valence-electron chi connectivity index (χ4n) is 4.26. The van der Waals surface area contributed by atoms with Crippen LogP contribution in [0.25, 0.3) is 11.0 Å². The number of pyridine rings is 1. The number of anilines is 2. The Morgan fingerprint density at radius 3 is 2.75 bits per heavy atom. The summed E-state index contributed by atoms with van der Waals surface area (Å²) in [5, 5.41) is 13.8. The molecule has 4 heterocycles. The van der Waals surface area contributed by atoms with Crippen LogP contribution >= 0.6 is 0 Å². The van der Waals surface area contributed by atoms with Gasteiger partial charge in [0.15, 0.2) is 0 Å². The molecule has 0 spiro atoms. The van der Waals surface area contributed by atoms with E-state index >= 15 is 0 Å². The van der Waals surface area contributed by atoms with E-state index < -0.39 is 11.9 Å². The van der Waals surface area contributed by atoms with Crippen LogP contribution in [-0.4, -0.2) is 69.9 Å². The van der Waals surface area contributed by atoms with Gasteiger partial charge in [0.1, 0.15) is 22.8 Å². The number of rotatable bonds is 4. The van der Waals surface area contributed by atoms with Crippen LogP contribution in [0.5, 0.6) is 0 Å². The molecule has 1 atom stereocenters. The first-order valence-corrected chi connectivity index (χ1v) is 10.5. The molecule has 1 saturated heterocycles. The van der Waals surface area contributed by atoms with E-state index in [0.29, 0.717) is 25.3 Å². The molecule has 0 bridgehead atoms. The van der Waals surface area contributed by atoms with Crippen LogP contribution in [0.1, 0.15) is 29.0 Å². The van der Waals surface area contributed by atoms with Gasteiger partial charge in [-0.3, -0.25) is 14.5 Å². The molecule has 3 aromatic rings. The van der Waals surface area contributed by atoms with Crippen molar-refractivity contribution in [2.24, 2.45) is 0 Å². The summed E-state index contributed by atoms with van der Waals surface area (Å²) in [4.78, 5) is 31.8. The zero-order valence-corrected chi connectivity index (χ0v) is 17.8. The predicted octanol–water partition coefficient (Wildman–Crippen LogP) is 1.16. The van der Waals surface area contributed by atoms with E-state index in [1.54, 1.807) is 17.7 Å². The lowest BCUT2D eigenvalue weighted by Gasteiger charge is -2.36. The molecule has 2 aromatic heterocycles. The fraction of sp³-hybridized carbons (Fsp3) is 0.381. The molecule has 166 valence electrons. The van der Waals surface area contributed by atoms with Crippen molar-refractivity contribution < 1.29 is 14.0 Å². The Morgan fingerprint density at radius 1 is 1.25 bits per heavy atom. The third-order valence-corrected chi connectivity index (χ3v) is 6.04. The highest BCUT2D eigenvalue weighted by Crippen LogP contribution is 2.31. The molecule has 11 heteroatoms. The van der Waals surface area contributed by atoms with Crippen molar-refractivity contribution in [3.8, 4) is 0 Å². The average molecular weight is 438 g/mol. The monoisotopic (exact) mass is 438 g/mol. The van der Waals surface area contributed by atoms with E-state index in [-0.39, 0.29) is 17.6 Å². The van der Waals surface area contributed by atoms with Gasteiger partial charge < -0.3 is 15.5 Å². The van der Waals surface area contributed by atoms with Crippen molar-refractivity contribution in [3.05, 3.63) is 41.5 Å². The predicted molar refractivity (Wildman–Crippen MR) is 116 cm³/mol. The van der Waals surface area contributed by atoms with Crippen LogP contribution in [0.4, 0.5) is 15.8 Å². The second-order valence-electron chi connectivity index (χ2n) is 8.06. The lowest BCUT2D eigenvalue weighted by atomic mass is 10.1. The Kier molecular flexibility index (Phi) is 4.97. The lowest BCUT2D eigenvalue weighted by molar-refractivity contribution is -0.119. The summed E-state index contributed by atoms with van der Waals surface area (Å²) in [6.07, 6.45) is 0. The van der Waals surface area contributed by atoms with Crippen LogP contribution in [0, 0.1) is 5.95 Å². The van der Waals surface area contributed by atoms with Crippen molar-refractivity contribution >= 4 is 34.2 Å². The van der Waals surface area contributed by atoms with E-state index in [1.165, 1.54) is 13.1 Å². The third kappa shape index (κ3) is 3.44. The molecule has 32 heavy (non-hydrogen) atoms. The Balaban J connectivity index is 1.27. The Hall–Kier alpha value is -3.60. The molecule has 5 rings (SSSR count). The number of nitrogens with zero attached hydrogens (tertiary/aromatic N) is 6.